The van der Waals surface area contributed by atoms with E-state index in [0.29, 0.717) is 5.75 Å². The Morgan fingerprint density at radius 1 is 1.27 bits per heavy atom. The molecule has 146 valence electrons. The molecule has 0 unspecified atom stereocenters. The molecule has 1 aliphatic heterocycles. The van der Waals surface area contributed by atoms with Gasteiger partial charge in [0.15, 0.2) is 0 Å². The highest BCUT2D eigenvalue weighted by Crippen LogP contribution is 2.37. The molecule has 1 atom stereocenters. The third kappa shape index (κ3) is 6.21. The van der Waals surface area contributed by atoms with Crippen molar-refractivity contribution in [3.8, 4) is 11.5 Å². The van der Waals surface area contributed by atoms with Gasteiger partial charge in [-0.15, -0.1) is 19.8 Å². The molecule has 0 radical (unpaired) electrons. The number of hydrogen-bond acceptors (Lipinski definition) is 4. The van der Waals surface area contributed by atoms with Crippen molar-refractivity contribution < 1.29 is 22.6 Å². The molecule has 1 aliphatic rings. The maximum atomic E-state index is 12.5. The lowest BCUT2D eigenvalue weighted by Gasteiger charge is -2.36. The Balaban J connectivity index is 2.22. The number of hydrogen-bond donors (Lipinski definition) is 1. The van der Waals surface area contributed by atoms with E-state index in [9.17, 15) is 13.2 Å². The van der Waals surface area contributed by atoms with Crippen molar-refractivity contribution in [2.45, 2.75) is 38.1 Å². The molecule has 1 N–H and O–H groups in total. The maximum Gasteiger partial charge on any atom is 0.573 e. The van der Waals surface area contributed by atoms with Gasteiger partial charge in [0, 0.05) is 43.9 Å². The molecule has 0 amide bonds. The molecule has 1 saturated heterocycles. The summed E-state index contributed by atoms with van der Waals surface area (Å²) >= 11 is 0. The Hall–Kier alpha value is -1.73. The van der Waals surface area contributed by atoms with Crippen LogP contribution in [0.3, 0.4) is 0 Å². The molecule has 4 nitrogen and oxygen atoms in total. The summed E-state index contributed by atoms with van der Waals surface area (Å²) in [6.45, 7) is 7.35. The molecule has 0 saturated carbocycles. The minimum absolute atomic E-state index is 0.108. The highest BCUT2D eigenvalue weighted by molar-refractivity contribution is 5.42. The van der Waals surface area contributed by atoms with Crippen LogP contribution in [0.25, 0.3) is 0 Å². The van der Waals surface area contributed by atoms with E-state index in [1.165, 1.54) is 19.2 Å². The zero-order chi connectivity index (χ0) is 19.0. The lowest BCUT2D eigenvalue weighted by atomic mass is 9.97. The second-order valence-electron chi connectivity index (χ2n) is 6.33. The van der Waals surface area contributed by atoms with Crippen molar-refractivity contribution in [2.24, 2.45) is 0 Å². The van der Waals surface area contributed by atoms with E-state index in [2.05, 4.69) is 21.5 Å². The zero-order valence-corrected chi connectivity index (χ0v) is 15.1. The summed E-state index contributed by atoms with van der Waals surface area (Å²) in [5.74, 6) is 0.169. The lowest BCUT2D eigenvalue weighted by Crippen LogP contribution is -2.45. The van der Waals surface area contributed by atoms with Gasteiger partial charge in [0.2, 0.25) is 0 Å². The summed E-state index contributed by atoms with van der Waals surface area (Å²) in [4.78, 5) is 2.37. The van der Waals surface area contributed by atoms with E-state index in [0.717, 1.165) is 57.4 Å². The average molecular weight is 372 g/mol. The van der Waals surface area contributed by atoms with E-state index < -0.39 is 6.36 Å². The number of benzene rings is 1. The van der Waals surface area contributed by atoms with Crippen LogP contribution in [0.2, 0.25) is 0 Å². The predicted octanol–water partition coefficient (Wildman–Crippen LogP) is 4.29. The van der Waals surface area contributed by atoms with Gasteiger partial charge in [-0.1, -0.05) is 18.6 Å². The first-order chi connectivity index (χ1) is 12.4. The first-order valence-electron chi connectivity index (χ1n) is 8.94. The average Bonchev–Trinajstić information content (AvgIpc) is 2.61. The van der Waals surface area contributed by atoms with Crippen LogP contribution in [-0.2, 0) is 0 Å². The highest BCUT2D eigenvalue weighted by Gasteiger charge is 2.32. The number of methoxy groups -OCH3 is 1. The normalized spacial score (nSPS) is 16.9. The Morgan fingerprint density at radius 3 is 2.62 bits per heavy atom. The first-order valence-corrected chi connectivity index (χ1v) is 8.94. The summed E-state index contributed by atoms with van der Waals surface area (Å²) in [5, 5.41) is 3.33. The molecule has 7 heteroatoms. The first kappa shape index (κ1) is 20.6. The van der Waals surface area contributed by atoms with Crippen LogP contribution in [0.15, 0.2) is 30.9 Å². The number of nitrogens with one attached hydrogen (secondary N) is 1. The number of alkyl halides is 3. The Labute approximate surface area is 153 Å². The fraction of sp³-hybridized carbons (Fsp3) is 0.579. The van der Waals surface area contributed by atoms with Crippen molar-refractivity contribution in [1.29, 1.82) is 0 Å². The van der Waals surface area contributed by atoms with Crippen LogP contribution in [0.1, 0.15) is 37.3 Å². The summed E-state index contributed by atoms with van der Waals surface area (Å²) in [5.41, 5.74) is 0.905. The van der Waals surface area contributed by atoms with Gasteiger partial charge in [-0.25, -0.2) is 0 Å². The van der Waals surface area contributed by atoms with Crippen LogP contribution < -0.4 is 14.8 Å². The van der Waals surface area contributed by atoms with Gasteiger partial charge in [-0.05, 0) is 25.3 Å². The zero-order valence-electron chi connectivity index (χ0n) is 15.1. The smallest absolute Gasteiger partial charge is 0.496 e. The number of unbranched alkanes of at least 4 members (excludes halogenated alkanes) is 2. The van der Waals surface area contributed by atoms with Gasteiger partial charge in [0.1, 0.15) is 11.5 Å². The van der Waals surface area contributed by atoms with E-state index in [4.69, 9.17) is 4.74 Å². The summed E-state index contributed by atoms with van der Waals surface area (Å²) < 4.78 is 46.9. The topological polar surface area (TPSA) is 33.7 Å². The van der Waals surface area contributed by atoms with Crippen molar-refractivity contribution >= 4 is 0 Å². The van der Waals surface area contributed by atoms with Crippen molar-refractivity contribution in [3.63, 3.8) is 0 Å². The molecule has 0 spiro atoms. The van der Waals surface area contributed by atoms with Crippen molar-refractivity contribution in [2.75, 3.05) is 33.3 Å². The van der Waals surface area contributed by atoms with Crippen LogP contribution >= 0.6 is 0 Å². The quantitative estimate of drug-likeness (QED) is 0.518. The fourth-order valence-corrected chi connectivity index (χ4v) is 3.32. The number of ether oxygens (including phenoxy) is 2. The SMILES string of the molecule is C=CCCCC[C@@H](c1ccc(OC(F)(F)F)cc1OC)N1CCNCC1. The number of rotatable bonds is 9. The molecule has 1 aromatic rings. The summed E-state index contributed by atoms with van der Waals surface area (Å²) in [7, 11) is 1.47. The fourth-order valence-electron chi connectivity index (χ4n) is 3.32. The highest BCUT2D eigenvalue weighted by atomic mass is 19.4. The molecule has 1 aromatic carbocycles. The van der Waals surface area contributed by atoms with Gasteiger partial charge in [0.05, 0.1) is 7.11 Å². The Morgan fingerprint density at radius 2 is 2.00 bits per heavy atom. The van der Waals surface area contributed by atoms with Crippen LogP contribution in [0.5, 0.6) is 11.5 Å². The van der Waals surface area contributed by atoms with Crippen LogP contribution in [0, 0.1) is 0 Å². The van der Waals surface area contributed by atoms with E-state index in [1.54, 1.807) is 6.07 Å². The van der Waals surface area contributed by atoms with Crippen LogP contribution in [-0.4, -0.2) is 44.6 Å². The molecule has 0 aromatic heterocycles. The van der Waals surface area contributed by atoms with E-state index >= 15 is 0 Å². The van der Waals surface area contributed by atoms with E-state index in [-0.39, 0.29) is 11.8 Å². The standard InChI is InChI=1S/C19H27F3N2O2/c1-3-4-5-6-7-17(24-12-10-23-11-13-24)16-9-8-15(14-18(16)25-2)26-19(20,21)22/h3,8-9,14,17,23H,1,4-7,10-13H2,2H3/t17-/m0/s1. The van der Waals surface area contributed by atoms with Gasteiger partial charge in [0.25, 0.3) is 0 Å². The third-order valence-electron chi connectivity index (χ3n) is 4.53. The monoisotopic (exact) mass is 372 g/mol. The Kier molecular flexibility index (Phi) is 7.78. The van der Waals surface area contributed by atoms with E-state index in [1.807, 2.05) is 6.08 Å². The molecular formula is C19H27F3N2O2. The molecule has 1 fully saturated rings. The molecule has 26 heavy (non-hydrogen) atoms. The predicted molar refractivity (Wildman–Crippen MR) is 95.5 cm³/mol. The minimum Gasteiger partial charge on any atom is -0.496 e. The molecular weight excluding hydrogens is 345 g/mol. The summed E-state index contributed by atoms with van der Waals surface area (Å²) in [6.07, 6.45) is 1.14. The third-order valence-corrected chi connectivity index (χ3v) is 4.53. The number of nitrogens with zero attached hydrogens (tertiary/aromatic N) is 1. The molecule has 0 bridgehead atoms. The second-order valence-corrected chi connectivity index (χ2v) is 6.33. The van der Waals surface area contributed by atoms with Crippen LogP contribution in [0.4, 0.5) is 13.2 Å². The largest absolute Gasteiger partial charge is 0.573 e. The Bertz CT molecular complexity index is 572. The number of piperazine rings is 1. The molecule has 2 rings (SSSR count). The maximum absolute atomic E-state index is 12.5. The number of allylic oxidation sites excluding steroid dienone is 1. The molecule has 1 heterocycles. The van der Waals surface area contributed by atoms with Gasteiger partial charge in [-0.2, -0.15) is 0 Å². The minimum atomic E-state index is -4.71. The van der Waals surface area contributed by atoms with Crippen molar-refractivity contribution in [3.05, 3.63) is 36.4 Å². The van der Waals surface area contributed by atoms with Gasteiger partial charge in [-0.3, -0.25) is 4.90 Å². The lowest BCUT2D eigenvalue weighted by molar-refractivity contribution is -0.274. The summed E-state index contributed by atoms with van der Waals surface area (Å²) in [6, 6.07) is 4.49. The van der Waals surface area contributed by atoms with Gasteiger partial charge >= 0.3 is 6.36 Å². The second kappa shape index (κ2) is 9.83. The molecule has 0 aliphatic carbocycles. The van der Waals surface area contributed by atoms with Gasteiger partial charge < -0.3 is 14.8 Å². The number of halogens is 3. The van der Waals surface area contributed by atoms with Crippen molar-refractivity contribution in [1.82, 2.24) is 10.2 Å².